The summed E-state index contributed by atoms with van der Waals surface area (Å²) in [6.07, 6.45) is 4.17. The molecular formula is C20H28NSi+. The Morgan fingerprint density at radius 3 is 2.09 bits per heavy atom. The monoisotopic (exact) mass is 310 g/mol. The highest BCUT2D eigenvalue weighted by Crippen LogP contribution is 2.40. The van der Waals surface area contributed by atoms with Crippen LogP contribution in [0.5, 0.6) is 0 Å². The molecule has 0 atom stereocenters. The van der Waals surface area contributed by atoms with Gasteiger partial charge in [0.15, 0.2) is 12.4 Å². The average molecular weight is 311 g/mol. The van der Waals surface area contributed by atoms with Crippen molar-refractivity contribution in [3.05, 3.63) is 48.3 Å². The third-order valence-electron chi connectivity index (χ3n) is 4.93. The molecule has 0 saturated carbocycles. The maximum absolute atomic E-state index is 3.79. The van der Waals surface area contributed by atoms with Crippen LogP contribution in [0.25, 0.3) is 5.52 Å². The van der Waals surface area contributed by atoms with Crippen molar-refractivity contribution in [1.29, 1.82) is 0 Å². The molecule has 0 unspecified atom stereocenters. The molecule has 0 aromatic carbocycles. The molecule has 2 rings (SSSR count). The summed E-state index contributed by atoms with van der Waals surface area (Å²) in [6.45, 7) is 14.1. The fourth-order valence-corrected chi connectivity index (χ4v) is 9.01. The van der Waals surface area contributed by atoms with Crippen molar-refractivity contribution in [1.82, 2.24) is 0 Å². The molecule has 0 N–H and O–H groups in total. The van der Waals surface area contributed by atoms with Crippen LogP contribution in [-0.2, 0) is 0 Å². The van der Waals surface area contributed by atoms with Gasteiger partial charge in [0.25, 0.3) is 0 Å². The first-order chi connectivity index (χ1) is 10.4. The topological polar surface area (TPSA) is 4.10 Å². The van der Waals surface area contributed by atoms with Gasteiger partial charge in [-0.1, -0.05) is 47.5 Å². The standard InChI is InChI=1S/C20H28NSi/c1-16(2)22(17(3)4,18(5)6)14-11-19-10-13-21-12-8-7-9-20(21)15-19/h7-10,12-13,15-18H,1-6H3/q+1. The lowest BCUT2D eigenvalue weighted by Crippen LogP contribution is -2.43. The molecule has 0 spiro atoms. The Balaban J connectivity index is 2.47. The van der Waals surface area contributed by atoms with Crippen molar-refractivity contribution in [2.75, 3.05) is 0 Å². The van der Waals surface area contributed by atoms with Gasteiger partial charge in [0, 0.05) is 29.8 Å². The normalized spacial score (nSPS) is 12.0. The largest absolute Gasteiger partial charge is 0.211 e. The van der Waals surface area contributed by atoms with Crippen LogP contribution >= 0.6 is 0 Å². The Bertz CT molecular complexity index is 682. The van der Waals surface area contributed by atoms with Gasteiger partial charge in [-0.05, 0) is 22.7 Å². The molecule has 0 radical (unpaired) electrons. The summed E-state index contributed by atoms with van der Waals surface area (Å²) in [4.78, 5) is 0. The molecule has 0 aliphatic rings. The van der Waals surface area contributed by atoms with E-state index in [1.165, 1.54) is 5.52 Å². The Hall–Kier alpha value is -1.59. The van der Waals surface area contributed by atoms with Crippen molar-refractivity contribution in [3.8, 4) is 11.5 Å². The Labute approximate surface area is 136 Å². The van der Waals surface area contributed by atoms with Gasteiger partial charge < -0.3 is 0 Å². The number of aromatic nitrogens is 1. The molecule has 22 heavy (non-hydrogen) atoms. The molecule has 0 bridgehead atoms. The summed E-state index contributed by atoms with van der Waals surface area (Å²) in [7, 11) is -1.65. The highest BCUT2D eigenvalue weighted by Gasteiger charge is 2.41. The fraction of sp³-hybridized carbons (Fsp3) is 0.450. The van der Waals surface area contributed by atoms with Crippen LogP contribution in [0.3, 0.4) is 0 Å². The van der Waals surface area contributed by atoms with Crippen LogP contribution in [0, 0.1) is 11.5 Å². The van der Waals surface area contributed by atoms with Crippen molar-refractivity contribution < 1.29 is 4.40 Å². The number of nitrogens with zero attached hydrogens (tertiary/aromatic N) is 1. The van der Waals surface area contributed by atoms with Gasteiger partial charge in [-0.2, -0.15) is 4.40 Å². The number of rotatable bonds is 3. The Morgan fingerprint density at radius 2 is 1.50 bits per heavy atom. The quantitative estimate of drug-likeness (QED) is 0.427. The van der Waals surface area contributed by atoms with E-state index in [4.69, 9.17) is 0 Å². The molecule has 2 heteroatoms. The van der Waals surface area contributed by atoms with Crippen LogP contribution in [0.15, 0.2) is 42.7 Å². The molecule has 1 nitrogen and oxygen atoms in total. The molecule has 116 valence electrons. The maximum atomic E-state index is 3.79. The average Bonchev–Trinajstić information content (AvgIpc) is 2.46. The molecular weight excluding hydrogens is 282 g/mol. The second kappa shape index (κ2) is 6.67. The zero-order chi connectivity index (χ0) is 16.3. The zero-order valence-corrected chi connectivity index (χ0v) is 15.7. The number of hydrogen-bond donors (Lipinski definition) is 0. The molecule has 2 aromatic rings. The van der Waals surface area contributed by atoms with Gasteiger partial charge in [-0.15, -0.1) is 5.54 Å². The minimum absolute atomic E-state index is 0.676. The number of pyridine rings is 2. The molecule has 0 fully saturated rings. The minimum Gasteiger partial charge on any atom is -0.167 e. The molecule has 0 amide bonds. The molecule has 0 saturated heterocycles. The van der Waals surface area contributed by atoms with E-state index in [0.717, 1.165) is 5.56 Å². The molecule has 2 heterocycles. The van der Waals surface area contributed by atoms with Crippen molar-refractivity contribution in [3.63, 3.8) is 0 Å². The van der Waals surface area contributed by atoms with E-state index < -0.39 is 8.07 Å². The third kappa shape index (κ3) is 3.10. The summed E-state index contributed by atoms with van der Waals surface area (Å²) in [5.41, 5.74) is 8.14. The fourth-order valence-electron chi connectivity index (χ4n) is 3.79. The van der Waals surface area contributed by atoms with E-state index in [9.17, 15) is 0 Å². The summed E-state index contributed by atoms with van der Waals surface area (Å²) in [5, 5.41) is 0. The van der Waals surface area contributed by atoms with E-state index in [2.05, 4.69) is 94.1 Å². The lowest BCUT2D eigenvalue weighted by molar-refractivity contribution is -0.512. The second-order valence-corrected chi connectivity index (χ2v) is 12.7. The van der Waals surface area contributed by atoms with E-state index in [0.29, 0.717) is 16.6 Å². The van der Waals surface area contributed by atoms with Crippen LogP contribution < -0.4 is 4.40 Å². The van der Waals surface area contributed by atoms with Crippen LogP contribution in [0.1, 0.15) is 47.1 Å². The van der Waals surface area contributed by atoms with E-state index in [1.807, 2.05) is 6.07 Å². The van der Waals surface area contributed by atoms with Crippen LogP contribution in [-0.4, -0.2) is 8.07 Å². The van der Waals surface area contributed by atoms with Gasteiger partial charge in [0.2, 0.25) is 5.52 Å². The van der Waals surface area contributed by atoms with Crippen LogP contribution in [0.2, 0.25) is 16.6 Å². The molecule has 0 aliphatic heterocycles. The Morgan fingerprint density at radius 1 is 0.864 bits per heavy atom. The smallest absolute Gasteiger partial charge is 0.167 e. The zero-order valence-electron chi connectivity index (χ0n) is 14.7. The lowest BCUT2D eigenvalue weighted by atomic mass is 10.2. The third-order valence-corrected chi connectivity index (χ3v) is 11.2. The Kier molecular flexibility index (Phi) is 5.08. The maximum Gasteiger partial charge on any atom is 0.211 e. The van der Waals surface area contributed by atoms with E-state index in [-0.39, 0.29) is 0 Å². The first-order valence-corrected chi connectivity index (χ1v) is 10.5. The number of fused-ring (bicyclic) bond motifs is 1. The number of hydrogen-bond acceptors (Lipinski definition) is 0. The van der Waals surface area contributed by atoms with Crippen molar-refractivity contribution >= 4 is 13.6 Å². The second-order valence-electron chi connectivity index (χ2n) is 7.10. The lowest BCUT2D eigenvalue weighted by Gasteiger charge is -2.38. The first-order valence-electron chi connectivity index (χ1n) is 8.31. The van der Waals surface area contributed by atoms with Crippen molar-refractivity contribution in [2.45, 2.75) is 58.2 Å². The van der Waals surface area contributed by atoms with Gasteiger partial charge >= 0.3 is 0 Å². The highest BCUT2D eigenvalue weighted by molar-refractivity contribution is 6.90. The summed E-state index contributed by atoms with van der Waals surface area (Å²) < 4.78 is 2.13. The van der Waals surface area contributed by atoms with E-state index in [1.54, 1.807) is 0 Å². The van der Waals surface area contributed by atoms with Gasteiger partial charge in [-0.25, -0.2) is 0 Å². The summed E-state index contributed by atoms with van der Waals surface area (Å²) >= 11 is 0. The van der Waals surface area contributed by atoms with Crippen LogP contribution in [0.4, 0.5) is 0 Å². The molecule has 0 aliphatic carbocycles. The predicted octanol–water partition coefficient (Wildman–Crippen LogP) is 4.99. The summed E-state index contributed by atoms with van der Waals surface area (Å²) in [6, 6.07) is 10.6. The predicted molar refractivity (Wildman–Crippen MR) is 97.5 cm³/mol. The first kappa shape index (κ1) is 16.8. The van der Waals surface area contributed by atoms with Crippen molar-refractivity contribution in [2.24, 2.45) is 0 Å². The molecule has 2 aromatic heterocycles. The SMILES string of the molecule is CC(C)[Si](C#Cc1cc[n+]2ccccc2c1)(C(C)C)C(C)C. The van der Waals surface area contributed by atoms with E-state index >= 15 is 0 Å². The summed E-state index contributed by atoms with van der Waals surface area (Å²) in [5.74, 6) is 3.52. The van der Waals surface area contributed by atoms with Gasteiger partial charge in [0.1, 0.15) is 8.07 Å². The minimum atomic E-state index is -1.65. The van der Waals surface area contributed by atoms with Gasteiger partial charge in [-0.3, -0.25) is 0 Å². The highest BCUT2D eigenvalue weighted by atomic mass is 28.3. The van der Waals surface area contributed by atoms with Gasteiger partial charge in [0.05, 0.1) is 0 Å².